The van der Waals surface area contributed by atoms with Crippen molar-refractivity contribution in [3.8, 4) is 5.75 Å². The molecule has 0 aliphatic heterocycles. The van der Waals surface area contributed by atoms with Gasteiger partial charge in [-0.15, -0.1) is 0 Å². The Balaban J connectivity index is 2.33. The summed E-state index contributed by atoms with van der Waals surface area (Å²) in [6.45, 7) is 6.08. The highest BCUT2D eigenvalue weighted by Crippen LogP contribution is 2.23. The summed E-state index contributed by atoms with van der Waals surface area (Å²) < 4.78 is 5.32. The van der Waals surface area contributed by atoms with Crippen LogP contribution in [0.5, 0.6) is 5.75 Å². The van der Waals surface area contributed by atoms with Gasteiger partial charge in [0.15, 0.2) is 5.78 Å². The van der Waals surface area contributed by atoms with Crippen LogP contribution >= 0.6 is 0 Å². The van der Waals surface area contributed by atoms with E-state index in [0.29, 0.717) is 17.7 Å². The molecule has 104 valence electrons. The number of carbonyl (C=O) groups excluding carboxylic acids is 1. The van der Waals surface area contributed by atoms with Crippen LogP contribution in [0.25, 0.3) is 0 Å². The van der Waals surface area contributed by atoms with Gasteiger partial charge in [0.05, 0.1) is 12.7 Å². The third kappa shape index (κ3) is 2.90. The average molecular weight is 268 g/mol. The Hall–Kier alpha value is -2.09. The summed E-state index contributed by atoms with van der Waals surface area (Å²) in [4.78, 5) is 12.5. The van der Waals surface area contributed by atoms with Crippen molar-refractivity contribution in [2.24, 2.45) is 0 Å². The maximum Gasteiger partial charge on any atom is 0.170 e. The Labute approximate surface area is 120 Å². The minimum Gasteiger partial charge on any atom is -0.496 e. The molecule has 0 atom stereocenters. The molecule has 0 amide bonds. The number of hydrogen-bond acceptors (Lipinski definition) is 2. The summed E-state index contributed by atoms with van der Waals surface area (Å²) >= 11 is 0. The lowest BCUT2D eigenvalue weighted by Gasteiger charge is -2.11. The van der Waals surface area contributed by atoms with Crippen molar-refractivity contribution in [1.29, 1.82) is 0 Å². The Bertz CT molecular complexity index is 622. The fraction of sp³-hybridized carbons (Fsp3) is 0.278. The van der Waals surface area contributed by atoms with Gasteiger partial charge in [-0.05, 0) is 55.2 Å². The summed E-state index contributed by atoms with van der Waals surface area (Å²) in [5.74, 6) is 0.750. The molecule has 0 N–H and O–H groups in total. The number of hydrogen-bond donors (Lipinski definition) is 0. The molecule has 2 nitrogen and oxygen atoms in total. The molecule has 0 aromatic heterocycles. The topological polar surface area (TPSA) is 26.3 Å². The molecule has 0 spiro atoms. The second kappa shape index (κ2) is 5.91. The second-order valence-electron chi connectivity index (χ2n) is 5.17. The first-order valence-corrected chi connectivity index (χ1v) is 6.76. The second-order valence-corrected chi connectivity index (χ2v) is 5.17. The predicted octanol–water partition coefficient (Wildman–Crippen LogP) is 4.05. The fourth-order valence-electron chi connectivity index (χ4n) is 2.41. The lowest BCUT2D eigenvalue weighted by molar-refractivity contribution is 0.0989. The molecular formula is C18H20O2. The van der Waals surface area contributed by atoms with E-state index in [1.165, 1.54) is 0 Å². The molecule has 0 saturated heterocycles. The SMILES string of the molecule is COc1cc(C)ccc1C(=O)Cc1c(C)cccc1C. The zero-order chi connectivity index (χ0) is 14.7. The molecular weight excluding hydrogens is 248 g/mol. The summed E-state index contributed by atoms with van der Waals surface area (Å²) in [5, 5.41) is 0. The molecule has 0 bridgehead atoms. The highest BCUT2D eigenvalue weighted by molar-refractivity contribution is 6.00. The zero-order valence-electron chi connectivity index (χ0n) is 12.5. The van der Waals surface area contributed by atoms with Crippen molar-refractivity contribution in [1.82, 2.24) is 0 Å². The number of rotatable bonds is 4. The third-order valence-corrected chi connectivity index (χ3v) is 3.64. The predicted molar refractivity (Wildman–Crippen MR) is 81.7 cm³/mol. The van der Waals surface area contributed by atoms with Crippen molar-refractivity contribution in [3.05, 3.63) is 64.2 Å². The molecule has 20 heavy (non-hydrogen) atoms. The van der Waals surface area contributed by atoms with E-state index in [2.05, 4.69) is 0 Å². The van der Waals surface area contributed by atoms with E-state index in [9.17, 15) is 4.79 Å². The normalized spacial score (nSPS) is 10.4. The third-order valence-electron chi connectivity index (χ3n) is 3.64. The van der Waals surface area contributed by atoms with Gasteiger partial charge in [0.2, 0.25) is 0 Å². The molecule has 0 fully saturated rings. The molecule has 2 aromatic rings. The number of Topliss-reactive ketones (excluding diaryl/α,β-unsaturated/α-hetero) is 1. The van der Waals surface area contributed by atoms with E-state index in [1.807, 2.05) is 57.2 Å². The van der Waals surface area contributed by atoms with Gasteiger partial charge in [0.1, 0.15) is 5.75 Å². The van der Waals surface area contributed by atoms with Crippen LogP contribution in [0, 0.1) is 20.8 Å². The first-order valence-electron chi connectivity index (χ1n) is 6.76. The van der Waals surface area contributed by atoms with Crippen LogP contribution in [0.1, 0.15) is 32.6 Å². The largest absolute Gasteiger partial charge is 0.496 e. The number of ether oxygens (including phenoxy) is 1. The Kier molecular flexibility index (Phi) is 4.23. The van der Waals surface area contributed by atoms with Crippen molar-refractivity contribution in [3.63, 3.8) is 0 Å². The number of aryl methyl sites for hydroxylation is 3. The summed E-state index contributed by atoms with van der Waals surface area (Å²) in [6, 6.07) is 11.8. The number of ketones is 1. The van der Waals surface area contributed by atoms with E-state index >= 15 is 0 Å². The summed E-state index contributed by atoms with van der Waals surface area (Å²) in [6.07, 6.45) is 0.415. The maximum absolute atomic E-state index is 12.5. The molecule has 0 unspecified atom stereocenters. The van der Waals surface area contributed by atoms with Crippen LogP contribution in [0.3, 0.4) is 0 Å². The van der Waals surface area contributed by atoms with Crippen LogP contribution < -0.4 is 4.74 Å². The van der Waals surface area contributed by atoms with E-state index in [1.54, 1.807) is 7.11 Å². The quantitative estimate of drug-likeness (QED) is 0.782. The Morgan fingerprint density at radius 3 is 2.30 bits per heavy atom. The highest BCUT2D eigenvalue weighted by atomic mass is 16.5. The first kappa shape index (κ1) is 14.3. The summed E-state index contributed by atoms with van der Waals surface area (Å²) in [5.41, 5.74) is 5.17. The lowest BCUT2D eigenvalue weighted by Crippen LogP contribution is -2.08. The van der Waals surface area contributed by atoms with Crippen LogP contribution in [0.15, 0.2) is 36.4 Å². The number of methoxy groups -OCH3 is 1. The van der Waals surface area contributed by atoms with Gasteiger partial charge in [-0.25, -0.2) is 0 Å². The number of carbonyl (C=O) groups is 1. The van der Waals surface area contributed by atoms with Gasteiger partial charge >= 0.3 is 0 Å². The van der Waals surface area contributed by atoms with E-state index in [-0.39, 0.29) is 5.78 Å². The molecule has 2 rings (SSSR count). The maximum atomic E-state index is 12.5. The fourth-order valence-corrected chi connectivity index (χ4v) is 2.41. The minimum absolute atomic E-state index is 0.0965. The highest BCUT2D eigenvalue weighted by Gasteiger charge is 2.15. The standard InChI is InChI=1S/C18H20O2/c1-12-8-9-15(18(10-12)20-4)17(19)11-16-13(2)6-5-7-14(16)3/h5-10H,11H2,1-4H3. The van der Waals surface area contributed by atoms with Crippen LogP contribution in [0.2, 0.25) is 0 Å². The van der Waals surface area contributed by atoms with Gasteiger partial charge in [-0.1, -0.05) is 24.3 Å². The minimum atomic E-state index is 0.0965. The molecule has 0 heterocycles. The number of benzene rings is 2. The van der Waals surface area contributed by atoms with E-state index in [4.69, 9.17) is 4.74 Å². The van der Waals surface area contributed by atoms with E-state index in [0.717, 1.165) is 22.3 Å². The van der Waals surface area contributed by atoms with Crippen LogP contribution in [-0.2, 0) is 6.42 Å². The summed E-state index contributed by atoms with van der Waals surface area (Å²) in [7, 11) is 1.60. The van der Waals surface area contributed by atoms with Crippen molar-refractivity contribution in [2.75, 3.05) is 7.11 Å². The van der Waals surface area contributed by atoms with E-state index < -0.39 is 0 Å². The Morgan fingerprint density at radius 1 is 1.05 bits per heavy atom. The molecule has 0 aliphatic rings. The van der Waals surface area contributed by atoms with Gasteiger partial charge < -0.3 is 4.74 Å². The van der Waals surface area contributed by atoms with Gasteiger partial charge in [-0.3, -0.25) is 4.79 Å². The van der Waals surface area contributed by atoms with Gasteiger partial charge in [-0.2, -0.15) is 0 Å². The van der Waals surface area contributed by atoms with Crippen molar-refractivity contribution >= 4 is 5.78 Å². The van der Waals surface area contributed by atoms with Crippen molar-refractivity contribution < 1.29 is 9.53 Å². The molecule has 2 heteroatoms. The average Bonchev–Trinajstić information content (AvgIpc) is 2.42. The first-order chi connectivity index (χ1) is 9.52. The van der Waals surface area contributed by atoms with Crippen LogP contribution in [-0.4, -0.2) is 12.9 Å². The van der Waals surface area contributed by atoms with Gasteiger partial charge in [0, 0.05) is 6.42 Å². The molecule has 2 aromatic carbocycles. The lowest BCUT2D eigenvalue weighted by atomic mass is 9.95. The van der Waals surface area contributed by atoms with Crippen LogP contribution in [0.4, 0.5) is 0 Å². The Morgan fingerprint density at radius 2 is 1.70 bits per heavy atom. The zero-order valence-corrected chi connectivity index (χ0v) is 12.5. The molecule has 0 saturated carbocycles. The van der Waals surface area contributed by atoms with Crippen molar-refractivity contribution in [2.45, 2.75) is 27.2 Å². The smallest absolute Gasteiger partial charge is 0.170 e. The monoisotopic (exact) mass is 268 g/mol. The molecule has 0 aliphatic carbocycles. The van der Waals surface area contributed by atoms with Gasteiger partial charge in [0.25, 0.3) is 0 Å². The molecule has 0 radical (unpaired) electrons.